The van der Waals surface area contributed by atoms with Gasteiger partial charge >= 0.3 is 11.9 Å². The molecule has 1 fully saturated rings. The molecule has 0 aliphatic carbocycles. The van der Waals surface area contributed by atoms with Crippen molar-refractivity contribution in [2.24, 2.45) is 11.8 Å². The quantitative estimate of drug-likeness (QED) is 0.717. The van der Waals surface area contributed by atoms with E-state index in [1.165, 1.54) is 23.4 Å². The van der Waals surface area contributed by atoms with Gasteiger partial charge in [0.05, 0.1) is 23.6 Å². The van der Waals surface area contributed by atoms with Crippen LogP contribution in [-0.2, 0) is 9.59 Å². The van der Waals surface area contributed by atoms with Crippen molar-refractivity contribution >= 4 is 17.8 Å². The fraction of sp³-hybridized carbons (Fsp3) is 0.385. The molecule has 1 aromatic rings. The van der Waals surface area contributed by atoms with Crippen molar-refractivity contribution in [3.05, 3.63) is 24.0 Å². The first kappa shape index (κ1) is 14.8. The Balaban J connectivity index is 2.17. The molecule has 0 aromatic carbocycles. The molecule has 1 aliphatic rings. The number of carbonyl (C=O) groups excluding carboxylic acids is 1. The van der Waals surface area contributed by atoms with E-state index in [-0.39, 0.29) is 30.8 Å². The Morgan fingerprint density at radius 2 is 1.81 bits per heavy atom. The van der Waals surface area contributed by atoms with E-state index in [0.29, 0.717) is 0 Å². The number of nitrogens with zero attached hydrogens (tertiary/aromatic N) is 2. The third kappa shape index (κ3) is 3.10. The Morgan fingerprint density at radius 3 is 2.38 bits per heavy atom. The number of piperidine rings is 1. The number of carbonyl (C=O) groups is 3. The zero-order chi connectivity index (χ0) is 15.6. The van der Waals surface area contributed by atoms with Gasteiger partial charge in [-0.3, -0.25) is 19.4 Å². The Labute approximate surface area is 119 Å². The summed E-state index contributed by atoms with van der Waals surface area (Å²) in [6.07, 6.45) is 2.51. The lowest BCUT2D eigenvalue weighted by atomic mass is 9.85. The highest BCUT2D eigenvalue weighted by Gasteiger charge is 2.40. The van der Waals surface area contributed by atoms with Crippen LogP contribution in [-0.4, -0.2) is 56.1 Å². The normalized spacial score (nSPS) is 21.8. The van der Waals surface area contributed by atoms with Crippen LogP contribution in [0, 0.1) is 11.8 Å². The molecule has 0 bridgehead atoms. The molecule has 1 amide bonds. The molecule has 0 radical (unpaired) electrons. The van der Waals surface area contributed by atoms with Crippen molar-refractivity contribution in [1.29, 1.82) is 0 Å². The zero-order valence-corrected chi connectivity index (χ0v) is 11.0. The highest BCUT2D eigenvalue weighted by molar-refractivity contribution is 5.95. The van der Waals surface area contributed by atoms with E-state index < -0.39 is 29.7 Å². The van der Waals surface area contributed by atoms with Crippen LogP contribution in [0.5, 0.6) is 5.75 Å². The van der Waals surface area contributed by atoms with Gasteiger partial charge in [-0.25, -0.2) is 0 Å². The van der Waals surface area contributed by atoms with Crippen molar-refractivity contribution in [2.75, 3.05) is 13.1 Å². The third-order valence-corrected chi connectivity index (χ3v) is 3.51. The van der Waals surface area contributed by atoms with Crippen LogP contribution >= 0.6 is 0 Å². The van der Waals surface area contributed by atoms with Crippen LogP contribution in [0.2, 0.25) is 0 Å². The maximum Gasteiger partial charge on any atom is 0.309 e. The molecule has 1 saturated heterocycles. The number of carboxylic acids is 2. The van der Waals surface area contributed by atoms with E-state index in [1.807, 2.05) is 0 Å². The van der Waals surface area contributed by atoms with Gasteiger partial charge in [0.15, 0.2) is 0 Å². The molecule has 2 unspecified atom stereocenters. The summed E-state index contributed by atoms with van der Waals surface area (Å²) in [7, 11) is 0. The number of likely N-dealkylation sites (tertiary alicyclic amines) is 1. The minimum atomic E-state index is -1.24. The van der Waals surface area contributed by atoms with Crippen LogP contribution in [0.1, 0.15) is 16.8 Å². The van der Waals surface area contributed by atoms with Crippen molar-refractivity contribution in [3.63, 3.8) is 0 Å². The monoisotopic (exact) mass is 294 g/mol. The lowest BCUT2D eigenvalue weighted by Gasteiger charge is -2.34. The number of amides is 1. The number of aromatic nitrogens is 1. The van der Waals surface area contributed by atoms with Crippen LogP contribution in [0.15, 0.2) is 18.5 Å². The van der Waals surface area contributed by atoms with Gasteiger partial charge in [-0.1, -0.05) is 0 Å². The Bertz CT molecular complexity index is 588. The average molecular weight is 294 g/mol. The molecule has 1 aliphatic heterocycles. The fourth-order valence-electron chi connectivity index (χ4n) is 2.41. The number of hydrogen-bond acceptors (Lipinski definition) is 5. The zero-order valence-electron chi connectivity index (χ0n) is 11.0. The maximum absolute atomic E-state index is 12.2. The molecular formula is C13H14N2O6. The smallest absolute Gasteiger partial charge is 0.309 e. The van der Waals surface area contributed by atoms with Gasteiger partial charge in [0, 0.05) is 19.3 Å². The topological polar surface area (TPSA) is 128 Å². The first-order valence-corrected chi connectivity index (χ1v) is 6.29. The first-order chi connectivity index (χ1) is 9.90. The molecule has 0 saturated carbocycles. The fourth-order valence-corrected chi connectivity index (χ4v) is 2.41. The summed E-state index contributed by atoms with van der Waals surface area (Å²) in [5, 5.41) is 27.5. The summed E-state index contributed by atoms with van der Waals surface area (Å²) >= 11 is 0. The van der Waals surface area contributed by atoms with Crippen molar-refractivity contribution < 1.29 is 29.7 Å². The Kier molecular flexibility index (Phi) is 4.06. The molecular weight excluding hydrogens is 280 g/mol. The van der Waals surface area contributed by atoms with Crippen LogP contribution in [0.25, 0.3) is 0 Å². The molecule has 21 heavy (non-hydrogen) atoms. The second kappa shape index (κ2) is 5.78. The summed E-state index contributed by atoms with van der Waals surface area (Å²) in [5.41, 5.74) is 0.132. The van der Waals surface area contributed by atoms with E-state index in [4.69, 9.17) is 10.2 Å². The lowest BCUT2D eigenvalue weighted by molar-refractivity contribution is -0.156. The minimum absolute atomic E-state index is 0.0737. The Hall–Kier alpha value is -2.64. The molecule has 2 atom stereocenters. The van der Waals surface area contributed by atoms with Crippen molar-refractivity contribution in [3.8, 4) is 5.75 Å². The van der Waals surface area contributed by atoms with Crippen LogP contribution in [0.3, 0.4) is 0 Å². The molecule has 2 rings (SSSR count). The number of aliphatic carboxylic acids is 2. The van der Waals surface area contributed by atoms with Gasteiger partial charge in [0.25, 0.3) is 5.91 Å². The van der Waals surface area contributed by atoms with Crippen molar-refractivity contribution in [2.45, 2.75) is 6.42 Å². The Morgan fingerprint density at radius 1 is 1.14 bits per heavy atom. The maximum atomic E-state index is 12.2. The summed E-state index contributed by atoms with van der Waals surface area (Å²) in [4.78, 5) is 39.4. The predicted octanol–water partition coefficient (Wildman–Crippen LogP) is 0.0347. The van der Waals surface area contributed by atoms with E-state index >= 15 is 0 Å². The number of pyridine rings is 1. The second-order valence-corrected chi connectivity index (χ2v) is 4.86. The summed E-state index contributed by atoms with van der Waals surface area (Å²) in [6, 6.07) is 1.23. The van der Waals surface area contributed by atoms with Crippen molar-refractivity contribution in [1.82, 2.24) is 9.88 Å². The van der Waals surface area contributed by atoms with E-state index in [9.17, 15) is 19.5 Å². The first-order valence-electron chi connectivity index (χ1n) is 6.29. The van der Waals surface area contributed by atoms with E-state index in [1.54, 1.807) is 0 Å². The lowest BCUT2D eigenvalue weighted by Crippen LogP contribution is -2.48. The molecule has 8 heteroatoms. The predicted molar refractivity (Wildman–Crippen MR) is 68.7 cm³/mol. The summed E-state index contributed by atoms with van der Waals surface area (Å²) in [5.74, 6) is -5.22. The SMILES string of the molecule is O=C(O)C1CCN(C(=O)c2cncc(O)c2)CC1C(=O)O. The molecule has 2 heterocycles. The van der Waals surface area contributed by atoms with Gasteiger partial charge in [-0.2, -0.15) is 0 Å². The van der Waals surface area contributed by atoms with Gasteiger partial charge in [0.2, 0.25) is 0 Å². The van der Waals surface area contributed by atoms with Crippen LogP contribution < -0.4 is 0 Å². The summed E-state index contributed by atoms with van der Waals surface area (Å²) in [6.45, 7) is -0.0317. The van der Waals surface area contributed by atoms with Gasteiger partial charge in [-0.15, -0.1) is 0 Å². The van der Waals surface area contributed by atoms with Crippen LogP contribution in [0.4, 0.5) is 0 Å². The number of hydrogen-bond donors (Lipinski definition) is 3. The third-order valence-electron chi connectivity index (χ3n) is 3.51. The van der Waals surface area contributed by atoms with E-state index in [0.717, 1.165) is 0 Å². The number of aromatic hydroxyl groups is 1. The summed E-state index contributed by atoms with van der Waals surface area (Å²) < 4.78 is 0. The molecule has 8 nitrogen and oxygen atoms in total. The minimum Gasteiger partial charge on any atom is -0.506 e. The second-order valence-electron chi connectivity index (χ2n) is 4.86. The molecule has 0 spiro atoms. The largest absolute Gasteiger partial charge is 0.506 e. The van der Waals surface area contributed by atoms with Gasteiger partial charge in [0.1, 0.15) is 5.75 Å². The standard InChI is InChI=1S/C13H14N2O6/c16-8-3-7(4-14-5-8)11(17)15-2-1-9(12(18)19)10(6-15)13(20)21/h3-5,9-10,16H,1-2,6H2,(H,18,19)(H,20,21). The number of carboxylic acid groups (broad SMARTS) is 2. The van der Waals surface area contributed by atoms with E-state index in [2.05, 4.69) is 4.98 Å². The highest BCUT2D eigenvalue weighted by Crippen LogP contribution is 2.25. The highest BCUT2D eigenvalue weighted by atomic mass is 16.4. The molecule has 1 aromatic heterocycles. The molecule has 3 N–H and O–H groups in total. The average Bonchev–Trinajstić information content (AvgIpc) is 2.45. The number of rotatable bonds is 3. The van der Waals surface area contributed by atoms with Gasteiger partial charge in [-0.05, 0) is 12.5 Å². The van der Waals surface area contributed by atoms with Gasteiger partial charge < -0.3 is 20.2 Å². The molecule has 112 valence electrons.